The Morgan fingerprint density at radius 2 is 1.95 bits per heavy atom. The Balaban J connectivity index is 1.52. The quantitative estimate of drug-likeness (QED) is 0.814. The maximum atomic E-state index is 11.4. The first-order valence-corrected chi connectivity index (χ1v) is 9.04. The minimum absolute atomic E-state index is 0.160. The molecule has 1 aliphatic heterocycles. The van der Waals surface area contributed by atoms with Gasteiger partial charge in [-0.15, -0.1) is 0 Å². The van der Waals surface area contributed by atoms with Crippen molar-refractivity contribution in [3.8, 4) is 0 Å². The minimum Gasteiger partial charge on any atom is -0.481 e. The van der Waals surface area contributed by atoms with Gasteiger partial charge in [-0.1, -0.05) is 0 Å². The Morgan fingerprint density at radius 1 is 1.36 bits per heavy atom. The van der Waals surface area contributed by atoms with E-state index >= 15 is 0 Å². The number of furan rings is 1. The number of rotatable bonds is 6. The first kappa shape index (κ1) is 15.5. The molecule has 0 spiro atoms. The molecule has 8 heteroatoms. The number of fused-ring (bicyclic) bond motifs is 1. The summed E-state index contributed by atoms with van der Waals surface area (Å²) in [5, 5.41) is 9.00. The molecule has 1 saturated carbocycles. The van der Waals surface area contributed by atoms with Gasteiger partial charge < -0.3 is 9.52 Å². The molecule has 0 radical (unpaired) electrons. The molecule has 1 saturated heterocycles. The summed E-state index contributed by atoms with van der Waals surface area (Å²) in [4.78, 5) is 13.1. The third-order valence-corrected chi connectivity index (χ3v) is 5.86. The number of piperidine rings is 1. The van der Waals surface area contributed by atoms with Gasteiger partial charge in [0.15, 0.2) is 0 Å². The smallest absolute Gasteiger partial charge is 0.307 e. The highest BCUT2D eigenvalue weighted by Crippen LogP contribution is 2.51. The van der Waals surface area contributed by atoms with Crippen molar-refractivity contribution in [2.24, 2.45) is 17.8 Å². The summed E-state index contributed by atoms with van der Waals surface area (Å²) >= 11 is 0. The predicted molar refractivity (Wildman–Crippen MR) is 78.4 cm³/mol. The highest BCUT2D eigenvalue weighted by Gasteiger charge is 2.59. The van der Waals surface area contributed by atoms with E-state index in [2.05, 4.69) is 4.90 Å². The molecule has 1 aromatic rings. The molecular weight excluding hydrogens is 308 g/mol. The van der Waals surface area contributed by atoms with E-state index in [1.165, 1.54) is 11.4 Å². The molecule has 1 unspecified atom stereocenters. The van der Waals surface area contributed by atoms with Crippen LogP contribution in [0.5, 0.6) is 0 Å². The average molecular weight is 328 g/mol. The van der Waals surface area contributed by atoms with Crippen LogP contribution >= 0.6 is 0 Å². The Bertz CT molecular complexity index is 671. The highest BCUT2D eigenvalue weighted by molar-refractivity contribution is 7.88. The third-order valence-electron chi connectivity index (χ3n) is 4.60. The molecule has 3 atom stereocenters. The van der Waals surface area contributed by atoms with Crippen LogP contribution in [0.15, 0.2) is 16.5 Å². The lowest BCUT2D eigenvalue weighted by Crippen LogP contribution is -2.25. The fourth-order valence-electron chi connectivity index (χ4n) is 3.26. The molecule has 1 aromatic heterocycles. The third kappa shape index (κ3) is 3.04. The van der Waals surface area contributed by atoms with E-state index in [1.54, 1.807) is 6.07 Å². The van der Waals surface area contributed by atoms with E-state index in [9.17, 15) is 13.2 Å². The summed E-state index contributed by atoms with van der Waals surface area (Å²) in [6.45, 7) is 2.44. The van der Waals surface area contributed by atoms with Gasteiger partial charge in [-0.2, -0.15) is 4.31 Å². The number of sulfonamides is 1. The van der Waals surface area contributed by atoms with Gasteiger partial charge in [-0.25, -0.2) is 8.42 Å². The summed E-state index contributed by atoms with van der Waals surface area (Å²) in [6.07, 6.45) is 1.16. The number of aliphatic carboxylic acids is 1. The number of carboxylic acid groups (broad SMARTS) is 1. The van der Waals surface area contributed by atoms with Gasteiger partial charge in [0.2, 0.25) is 10.0 Å². The lowest BCUT2D eigenvalue weighted by molar-refractivity contribution is -0.139. The molecule has 0 bridgehead atoms. The molecule has 3 rings (SSSR count). The predicted octanol–water partition coefficient (Wildman–Crippen LogP) is 0.433. The van der Waals surface area contributed by atoms with Gasteiger partial charge in [0.1, 0.15) is 11.5 Å². The summed E-state index contributed by atoms with van der Waals surface area (Å²) in [5.74, 6) is 1.11. The first-order chi connectivity index (χ1) is 10.3. The summed E-state index contributed by atoms with van der Waals surface area (Å²) in [7, 11) is -1.71. The maximum Gasteiger partial charge on any atom is 0.307 e. The second kappa shape index (κ2) is 5.36. The van der Waals surface area contributed by atoms with E-state index in [0.717, 1.165) is 25.1 Å². The van der Waals surface area contributed by atoms with Gasteiger partial charge in [0, 0.05) is 20.1 Å². The van der Waals surface area contributed by atoms with Crippen LogP contribution in [0.25, 0.3) is 0 Å². The Hall–Kier alpha value is -1.38. The minimum atomic E-state index is -3.22. The van der Waals surface area contributed by atoms with E-state index in [4.69, 9.17) is 9.52 Å². The van der Waals surface area contributed by atoms with Gasteiger partial charge >= 0.3 is 5.97 Å². The van der Waals surface area contributed by atoms with E-state index in [0.29, 0.717) is 12.3 Å². The Labute approximate surface area is 129 Å². The molecule has 2 aliphatic rings. The summed E-state index contributed by atoms with van der Waals surface area (Å²) in [5.41, 5.74) is 0. The van der Waals surface area contributed by atoms with Crippen LogP contribution in [-0.4, -0.2) is 55.1 Å². The number of carbonyl (C=O) groups is 1. The first-order valence-electron chi connectivity index (χ1n) is 7.20. The lowest BCUT2D eigenvalue weighted by Gasteiger charge is -2.17. The molecule has 2 fully saturated rings. The number of hydrogen-bond acceptors (Lipinski definition) is 5. The van der Waals surface area contributed by atoms with Crippen molar-refractivity contribution in [2.75, 3.05) is 26.4 Å². The van der Waals surface area contributed by atoms with Crippen LogP contribution in [-0.2, 0) is 27.9 Å². The van der Waals surface area contributed by atoms with Gasteiger partial charge in [0.25, 0.3) is 0 Å². The van der Waals surface area contributed by atoms with Crippen molar-refractivity contribution >= 4 is 16.0 Å². The molecule has 7 nitrogen and oxygen atoms in total. The van der Waals surface area contributed by atoms with E-state index < -0.39 is 16.0 Å². The van der Waals surface area contributed by atoms with Crippen LogP contribution < -0.4 is 0 Å². The Morgan fingerprint density at radius 3 is 2.50 bits per heavy atom. The monoisotopic (exact) mass is 328 g/mol. The topological polar surface area (TPSA) is 91.1 Å². The van der Waals surface area contributed by atoms with Crippen molar-refractivity contribution in [1.29, 1.82) is 0 Å². The van der Waals surface area contributed by atoms with Crippen molar-refractivity contribution in [3.63, 3.8) is 0 Å². The molecule has 0 amide bonds. The number of likely N-dealkylation sites (tertiary alicyclic amines) is 1. The zero-order valence-corrected chi connectivity index (χ0v) is 13.4. The molecule has 1 aliphatic carbocycles. The van der Waals surface area contributed by atoms with Gasteiger partial charge in [0.05, 0.1) is 25.3 Å². The van der Waals surface area contributed by atoms with Crippen molar-refractivity contribution in [3.05, 3.63) is 23.7 Å². The molecule has 2 heterocycles. The van der Waals surface area contributed by atoms with E-state index in [1.807, 2.05) is 6.07 Å². The van der Waals surface area contributed by atoms with Gasteiger partial charge in [-0.3, -0.25) is 9.69 Å². The van der Waals surface area contributed by atoms with Crippen molar-refractivity contribution in [1.82, 2.24) is 9.21 Å². The summed E-state index contributed by atoms with van der Waals surface area (Å²) in [6, 6.07) is 3.64. The molecule has 122 valence electrons. The molecule has 0 aromatic carbocycles. The fourth-order valence-corrected chi connectivity index (χ4v) is 3.62. The molecule has 22 heavy (non-hydrogen) atoms. The fraction of sp³-hybridized carbons (Fsp3) is 0.643. The van der Waals surface area contributed by atoms with Crippen LogP contribution in [0.1, 0.15) is 11.5 Å². The van der Waals surface area contributed by atoms with Crippen LogP contribution in [0.3, 0.4) is 0 Å². The normalized spacial score (nSPS) is 28.0. The number of carboxylic acids is 1. The maximum absolute atomic E-state index is 11.4. The van der Waals surface area contributed by atoms with Crippen molar-refractivity contribution in [2.45, 2.75) is 13.1 Å². The number of hydrogen-bond donors (Lipinski definition) is 1. The van der Waals surface area contributed by atoms with Gasteiger partial charge in [-0.05, 0) is 24.0 Å². The highest BCUT2D eigenvalue weighted by atomic mass is 32.2. The van der Waals surface area contributed by atoms with E-state index in [-0.39, 0.29) is 24.3 Å². The second-order valence-electron chi connectivity index (χ2n) is 6.27. The molecule has 1 N–H and O–H groups in total. The SMILES string of the molecule is CN(Cc1ccc(CN2C[C@@H]3C(C(=O)O)[C@@H]3C2)o1)S(C)(=O)=O. The zero-order valence-electron chi connectivity index (χ0n) is 12.6. The van der Waals surface area contributed by atoms with Crippen molar-refractivity contribution < 1.29 is 22.7 Å². The lowest BCUT2D eigenvalue weighted by atomic mass is 10.2. The summed E-state index contributed by atoms with van der Waals surface area (Å²) < 4.78 is 29.7. The Kier molecular flexibility index (Phi) is 3.78. The van der Waals surface area contributed by atoms with Crippen LogP contribution in [0.2, 0.25) is 0 Å². The van der Waals surface area contributed by atoms with Crippen LogP contribution in [0.4, 0.5) is 0 Å². The largest absolute Gasteiger partial charge is 0.481 e. The average Bonchev–Trinajstić information content (AvgIpc) is 2.73. The molecular formula is C14H20N2O5S. The van der Waals surface area contributed by atoms with Crippen LogP contribution in [0, 0.1) is 17.8 Å². The number of nitrogens with zero attached hydrogens (tertiary/aromatic N) is 2. The zero-order chi connectivity index (χ0) is 16.1. The standard InChI is InChI=1S/C14H20N2O5S/c1-15(22(2,19)20)5-9-3-4-10(21-9)6-16-7-11-12(8-16)13(11)14(17)18/h3-4,11-13H,5-8H2,1-2H3,(H,17,18)/t11-,12+,13?. The second-order valence-corrected chi connectivity index (χ2v) is 8.36.